The molecule has 122 valence electrons. The lowest BCUT2D eigenvalue weighted by atomic mass is 10.1. The van der Waals surface area contributed by atoms with Gasteiger partial charge in [0, 0.05) is 18.1 Å². The van der Waals surface area contributed by atoms with E-state index in [0.717, 1.165) is 6.07 Å². The summed E-state index contributed by atoms with van der Waals surface area (Å²) < 4.78 is 0. The highest BCUT2D eigenvalue weighted by molar-refractivity contribution is 5.99. The molecule has 10 heteroatoms. The van der Waals surface area contributed by atoms with E-state index in [1.807, 2.05) is 0 Å². The Morgan fingerprint density at radius 3 is 2.83 bits per heavy atom. The summed E-state index contributed by atoms with van der Waals surface area (Å²) in [5.74, 6) is -1.22. The fourth-order valence-electron chi connectivity index (χ4n) is 1.80. The zero-order chi connectivity index (χ0) is 16.8. The standard InChI is InChI=1S/C13H15N5O5/c19-8-2-1-7(10(20)5-8)6-14-17-11(21)4-3-9-12(22)15-13(23)18-16-9/h1-2,5-6,9,16,19-20H,3-4H2,(H,17,21)(H2,15,18,22,23)/b14-6+. The molecule has 1 aromatic carbocycles. The average Bonchev–Trinajstić information content (AvgIpc) is 2.48. The van der Waals surface area contributed by atoms with Crippen molar-refractivity contribution in [3.05, 3.63) is 23.8 Å². The van der Waals surface area contributed by atoms with E-state index >= 15 is 0 Å². The van der Waals surface area contributed by atoms with Crippen LogP contribution in [0.5, 0.6) is 11.5 Å². The van der Waals surface area contributed by atoms with Crippen molar-refractivity contribution >= 4 is 24.1 Å². The van der Waals surface area contributed by atoms with Crippen LogP contribution in [0.25, 0.3) is 0 Å². The molecule has 0 bridgehead atoms. The number of amides is 4. The van der Waals surface area contributed by atoms with Crippen LogP contribution in [0.15, 0.2) is 23.3 Å². The first-order valence-electron chi connectivity index (χ1n) is 6.66. The zero-order valence-corrected chi connectivity index (χ0v) is 11.9. The van der Waals surface area contributed by atoms with E-state index in [-0.39, 0.29) is 24.3 Å². The Bertz CT molecular complexity index is 660. The van der Waals surface area contributed by atoms with Crippen LogP contribution in [-0.2, 0) is 9.59 Å². The highest BCUT2D eigenvalue weighted by Crippen LogP contribution is 2.20. The zero-order valence-electron chi connectivity index (χ0n) is 11.9. The monoisotopic (exact) mass is 321 g/mol. The first kappa shape index (κ1) is 16.2. The van der Waals surface area contributed by atoms with Crippen molar-refractivity contribution in [1.82, 2.24) is 21.6 Å². The van der Waals surface area contributed by atoms with Crippen LogP contribution in [0.1, 0.15) is 18.4 Å². The Morgan fingerprint density at radius 2 is 2.13 bits per heavy atom. The molecule has 0 aromatic heterocycles. The third-order valence-corrected chi connectivity index (χ3v) is 2.98. The van der Waals surface area contributed by atoms with Gasteiger partial charge >= 0.3 is 6.03 Å². The highest BCUT2D eigenvalue weighted by Gasteiger charge is 2.25. The molecule has 0 spiro atoms. The van der Waals surface area contributed by atoms with Gasteiger partial charge < -0.3 is 10.2 Å². The van der Waals surface area contributed by atoms with Gasteiger partial charge in [-0.05, 0) is 18.6 Å². The Hall–Kier alpha value is -3.14. The number of imide groups is 1. The number of hydrogen-bond donors (Lipinski definition) is 6. The molecule has 1 unspecified atom stereocenters. The fourth-order valence-corrected chi connectivity index (χ4v) is 1.80. The third kappa shape index (κ3) is 4.68. The van der Waals surface area contributed by atoms with Crippen molar-refractivity contribution < 1.29 is 24.6 Å². The molecule has 1 atom stereocenters. The summed E-state index contributed by atoms with van der Waals surface area (Å²) >= 11 is 0. The predicted octanol–water partition coefficient (Wildman–Crippen LogP) is -0.959. The maximum atomic E-state index is 11.6. The molecule has 1 aliphatic rings. The van der Waals surface area contributed by atoms with Crippen molar-refractivity contribution in [2.45, 2.75) is 18.9 Å². The topological polar surface area (TPSA) is 152 Å². The molecule has 1 saturated heterocycles. The lowest BCUT2D eigenvalue weighted by molar-refractivity contribution is -0.124. The summed E-state index contributed by atoms with van der Waals surface area (Å²) in [5, 5.41) is 24.4. The van der Waals surface area contributed by atoms with Gasteiger partial charge in [-0.3, -0.25) is 20.3 Å². The Labute approximate surface area is 130 Å². The number of urea groups is 1. The number of hydrogen-bond acceptors (Lipinski definition) is 7. The van der Waals surface area contributed by atoms with E-state index in [4.69, 9.17) is 5.11 Å². The minimum atomic E-state index is -0.705. The maximum Gasteiger partial charge on any atom is 0.335 e. The smallest absolute Gasteiger partial charge is 0.335 e. The van der Waals surface area contributed by atoms with Crippen LogP contribution in [0, 0.1) is 0 Å². The van der Waals surface area contributed by atoms with Crippen LogP contribution >= 0.6 is 0 Å². The summed E-state index contributed by atoms with van der Waals surface area (Å²) in [6.45, 7) is 0. The summed E-state index contributed by atoms with van der Waals surface area (Å²) in [4.78, 5) is 33.9. The molecule has 6 N–H and O–H groups in total. The van der Waals surface area contributed by atoms with E-state index < -0.39 is 23.9 Å². The summed E-state index contributed by atoms with van der Waals surface area (Å²) in [6.07, 6.45) is 1.39. The van der Waals surface area contributed by atoms with E-state index in [1.54, 1.807) is 0 Å². The lowest BCUT2D eigenvalue weighted by Crippen LogP contribution is -2.62. The van der Waals surface area contributed by atoms with Crippen LogP contribution in [-0.4, -0.2) is 40.3 Å². The van der Waals surface area contributed by atoms with E-state index in [1.165, 1.54) is 18.3 Å². The molecule has 0 saturated carbocycles. The number of phenolic OH excluding ortho intramolecular Hbond substituents is 2. The number of nitrogens with zero attached hydrogens (tertiary/aromatic N) is 1. The molecule has 10 nitrogen and oxygen atoms in total. The van der Waals surface area contributed by atoms with Gasteiger partial charge in [0.15, 0.2) is 0 Å². The number of aromatic hydroxyl groups is 2. The fraction of sp³-hybridized carbons (Fsp3) is 0.231. The third-order valence-electron chi connectivity index (χ3n) is 2.98. The second kappa shape index (κ2) is 7.22. The van der Waals surface area contributed by atoms with Gasteiger partial charge in [0.05, 0.1) is 6.21 Å². The van der Waals surface area contributed by atoms with Gasteiger partial charge in [0.2, 0.25) is 11.8 Å². The van der Waals surface area contributed by atoms with E-state index in [9.17, 15) is 19.5 Å². The number of carbonyl (C=O) groups excluding carboxylic acids is 3. The largest absolute Gasteiger partial charge is 0.508 e. The highest BCUT2D eigenvalue weighted by atomic mass is 16.3. The van der Waals surface area contributed by atoms with Gasteiger partial charge in [0.25, 0.3) is 0 Å². The van der Waals surface area contributed by atoms with Crippen molar-refractivity contribution in [3.8, 4) is 11.5 Å². The second-order valence-electron chi connectivity index (χ2n) is 4.72. The molecule has 23 heavy (non-hydrogen) atoms. The Kier molecular flexibility index (Phi) is 5.10. The molecule has 0 aliphatic carbocycles. The molecule has 0 radical (unpaired) electrons. The first-order valence-corrected chi connectivity index (χ1v) is 6.66. The van der Waals surface area contributed by atoms with Crippen LogP contribution in [0.2, 0.25) is 0 Å². The average molecular weight is 321 g/mol. The number of carbonyl (C=O) groups is 3. The van der Waals surface area contributed by atoms with Crippen LogP contribution in [0.3, 0.4) is 0 Å². The summed E-state index contributed by atoms with van der Waals surface area (Å²) in [6, 6.07) is 2.59. The molecule has 1 aromatic rings. The number of rotatable bonds is 5. The quantitative estimate of drug-likeness (QED) is 0.303. The molecular weight excluding hydrogens is 306 g/mol. The molecule has 4 amide bonds. The predicted molar refractivity (Wildman–Crippen MR) is 78.3 cm³/mol. The normalized spacial score (nSPS) is 17.7. The lowest BCUT2D eigenvalue weighted by Gasteiger charge is -2.22. The van der Waals surface area contributed by atoms with Crippen molar-refractivity contribution in [1.29, 1.82) is 0 Å². The minimum Gasteiger partial charge on any atom is -0.508 e. The van der Waals surface area contributed by atoms with Crippen LogP contribution in [0.4, 0.5) is 4.79 Å². The van der Waals surface area contributed by atoms with Gasteiger partial charge in [-0.1, -0.05) is 0 Å². The molecule has 1 heterocycles. The molecule has 1 aliphatic heterocycles. The summed E-state index contributed by atoms with van der Waals surface area (Å²) in [7, 11) is 0. The SMILES string of the molecule is O=C(CCC1NNC(=O)NC1=O)N/N=C/c1ccc(O)cc1O. The van der Waals surface area contributed by atoms with Crippen molar-refractivity contribution in [2.24, 2.45) is 5.10 Å². The number of benzene rings is 1. The number of hydrazone groups is 1. The number of nitrogens with one attached hydrogen (secondary N) is 4. The van der Waals surface area contributed by atoms with E-state index in [0.29, 0.717) is 5.56 Å². The summed E-state index contributed by atoms with van der Waals surface area (Å²) in [5.41, 5.74) is 7.28. The van der Waals surface area contributed by atoms with Crippen molar-refractivity contribution in [2.75, 3.05) is 0 Å². The second-order valence-corrected chi connectivity index (χ2v) is 4.72. The Balaban J connectivity index is 1.78. The molecular formula is C13H15N5O5. The van der Waals surface area contributed by atoms with E-state index in [2.05, 4.69) is 26.7 Å². The number of phenols is 2. The van der Waals surface area contributed by atoms with Gasteiger partial charge in [-0.25, -0.2) is 15.6 Å². The van der Waals surface area contributed by atoms with Gasteiger partial charge in [0.1, 0.15) is 17.5 Å². The number of hydrazine groups is 1. The van der Waals surface area contributed by atoms with Crippen molar-refractivity contribution in [3.63, 3.8) is 0 Å². The Morgan fingerprint density at radius 1 is 1.35 bits per heavy atom. The molecule has 2 rings (SSSR count). The van der Waals surface area contributed by atoms with Crippen LogP contribution < -0.4 is 21.6 Å². The maximum absolute atomic E-state index is 11.6. The van der Waals surface area contributed by atoms with Gasteiger partial charge in [-0.2, -0.15) is 5.10 Å². The minimum absolute atomic E-state index is 0.000142. The first-order chi connectivity index (χ1) is 11.0. The van der Waals surface area contributed by atoms with Gasteiger partial charge in [-0.15, -0.1) is 0 Å². The molecule has 1 fully saturated rings.